The minimum absolute atomic E-state index is 0.00171. The van der Waals surface area contributed by atoms with E-state index >= 15 is 0 Å². The maximum atomic E-state index is 12.5. The molecule has 5 nitrogen and oxygen atoms in total. The Morgan fingerprint density at radius 2 is 2.08 bits per heavy atom. The van der Waals surface area contributed by atoms with Crippen molar-refractivity contribution < 1.29 is 9.59 Å². The molecule has 0 saturated heterocycles. The van der Waals surface area contributed by atoms with Crippen molar-refractivity contribution in [1.29, 1.82) is 0 Å². The third-order valence-corrected chi connectivity index (χ3v) is 5.76. The molecule has 2 amide bonds. The Morgan fingerprint density at radius 1 is 1.32 bits per heavy atom. The first-order chi connectivity index (χ1) is 12.0. The molecule has 2 aromatic rings. The SMILES string of the molecule is CN(C)C(=O)c1cc2c(s1)CC[C@H](C(=O)NCCc1ccncc1)C2. The van der Waals surface area contributed by atoms with Gasteiger partial charge in [0, 0.05) is 43.8 Å². The number of thiophene rings is 1. The number of pyridine rings is 1. The number of fused-ring (bicyclic) bond motifs is 1. The van der Waals surface area contributed by atoms with Crippen molar-refractivity contribution in [1.82, 2.24) is 15.2 Å². The lowest BCUT2D eigenvalue weighted by molar-refractivity contribution is -0.125. The van der Waals surface area contributed by atoms with E-state index in [0.717, 1.165) is 36.1 Å². The standard InChI is InChI=1S/C19H23N3O2S/c1-22(2)19(24)17-12-15-11-14(3-4-16(15)25-17)18(23)21-10-7-13-5-8-20-9-6-13/h5-6,8-9,12,14H,3-4,7,10-11H2,1-2H3,(H,21,23)/t14-/m0/s1. The number of amides is 2. The van der Waals surface area contributed by atoms with Crippen molar-refractivity contribution in [3.8, 4) is 0 Å². The van der Waals surface area contributed by atoms with Gasteiger partial charge >= 0.3 is 0 Å². The highest BCUT2D eigenvalue weighted by atomic mass is 32.1. The summed E-state index contributed by atoms with van der Waals surface area (Å²) in [7, 11) is 3.53. The lowest BCUT2D eigenvalue weighted by Gasteiger charge is -2.21. The molecule has 1 atom stereocenters. The van der Waals surface area contributed by atoms with E-state index in [4.69, 9.17) is 0 Å². The highest BCUT2D eigenvalue weighted by Crippen LogP contribution is 2.32. The smallest absolute Gasteiger partial charge is 0.263 e. The normalized spacial score (nSPS) is 16.2. The van der Waals surface area contributed by atoms with Crippen molar-refractivity contribution in [2.75, 3.05) is 20.6 Å². The summed E-state index contributed by atoms with van der Waals surface area (Å²) in [5, 5.41) is 3.05. The van der Waals surface area contributed by atoms with Crippen LogP contribution < -0.4 is 5.32 Å². The Labute approximate surface area is 152 Å². The number of carbonyl (C=O) groups is 2. The van der Waals surface area contributed by atoms with E-state index in [1.54, 1.807) is 42.7 Å². The van der Waals surface area contributed by atoms with Crippen molar-refractivity contribution in [2.24, 2.45) is 5.92 Å². The fraction of sp³-hybridized carbons (Fsp3) is 0.421. The van der Waals surface area contributed by atoms with Crippen LogP contribution in [0.3, 0.4) is 0 Å². The molecular formula is C19H23N3O2S. The first kappa shape index (κ1) is 17.6. The summed E-state index contributed by atoms with van der Waals surface area (Å²) in [4.78, 5) is 32.2. The van der Waals surface area contributed by atoms with E-state index in [9.17, 15) is 9.59 Å². The molecule has 0 radical (unpaired) electrons. The average Bonchev–Trinajstić information content (AvgIpc) is 3.04. The van der Waals surface area contributed by atoms with Gasteiger partial charge in [-0.1, -0.05) is 0 Å². The van der Waals surface area contributed by atoms with Gasteiger partial charge in [-0.25, -0.2) is 0 Å². The molecule has 0 saturated carbocycles. The predicted molar refractivity (Wildman–Crippen MR) is 98.8 cm³/mol. The number of aryl methyl sites for hydroxylation is 1. The minimum Gasteiger partial charge on any atom is -0.356 e. The molecule has 6 heteroatoms. The second-order valence-electron chi connectivity index (χ2n) is 6.59. The minimum atomic E-state index is 0.00171. The van der Waals surface area contributed by atoms with Gasteiger partial charge in [0.05, 0.1) is 4.88 Å². The van der Waals surface area contributed by atoms with Crippen LogP contribution in [0, 0.1) is 5.92 Å². The summed E-state index contributed by atoms with van der Waals surface area (Å²) >= 11 is 1.57. The summed E-state index contributed by atoms with van der Waals surface area (Å²) in [6.07, 6.45) is 6.80. The number of nitrogens with one attached hydrogen (secondary N) is 1. The molecule has 0 aromatic carbocycles. The second kappa shape index (κ2) is 7.78. The summed E-state index contributed by atoms with van der Waals surface area (Å²) in [5.41, 5.74) is 2.33. The van der Waals surface area contributed by atoms with Gasteiger partial charge in [0.15, 0.2) is 0 Å². The molecule has 1 N–H and O–H groups in total. The van der Waals surface area contributed by atoms with Crippen LogP contribution in [0.1, 0.15) is 32.1 Å². The Kier molecular flexibility index (Phi) is 5.48. The Hall–Kier alpha value is -2.21. The molecule has 2 heterocycles. The van der Waals surface area contributed by atoms with E-state index in [1.807, 2.05) is 18.2 Å². The number of carbonyl (C=O) groups excluding carboxylic acids is 2. The maximum Gasteiger partial charge on any atom is 0.263 e. The highest BCUT2D eigenvalue weighted by Gasteiger charge is 2.27. The molecule has 2 aromatic heterocycles. The van der Waals surface area contributed by atoms with E-state index < -0.39 is 0 Å². The Morgan fingerprint density at radius 3 is 2.80 bits per heavy atom. The third-order valence-electron chi connectivity index (χ3n) is 4.53. The zero-order chi connectivity index (χ0) is 17.8. The van der Waals surface area contributed by atoms with Gasteiger partial charge in [0.2, 0.25) is 5.91 Å². The van der Waals surface area contributed by atoms with Crippen LogP contribution in [0.15, 0.2) is 30.6 Å². The molecule has 1 aliphatic carbocycles. The highest BCUT2D eigenvalue weighted by molar-refractivity contribution is 7.14. The quantitative estimate of drug-likeness (QED) is 0.893. The first-order valence-electron chi connectivity index (χ1n) is 8.54. The van der Waals surface area contributed by atoms with Crippen LogP contribution in [-0.2, 0) is 24.1 Å². The lowest BCUT2D eigenvalue weighted by atomic mass is 9.87. The number of rotatable bonds is 5. The summed E-state index contributed by atoms with van der Waals surface area (Å²) in [5.74, 6) is 0.158. The van der Waals surface area contributed by atoms with E-state index in [1.165, 1.54) is 10.4 Å². The number of hydrogen-bond acceptors (Lipinski definition) is 4. The van der Waals surface area contributed by atoms with E-state index in [2.05, 4.69) is 10.3 Å². The van der Waals surface area contributed by atoms with Gasteiger partial charge in [-0.3, -0.25) is 14.6 Å². The van der Waals surface area contributed by atoms with Gasteiger partial charge in [-0.05, 0) is 55.0 Å². The molecule has 0 fully saturated rings. The maximum absolute atomic E-state index is 12.5. The van der Waals surface area contributed by atoms with E-state index in [0.29, 0.717) is 6.54 Å². The number of aromatic nitrogens is 1. The average molecular weight is 357 g/mol. The molecular weight excluding hydrogens is 334 g/mol. The molecule has 1 aliphatic rings. The van der Waals surface area contributed by atoms with Gasteiger partial charge in [-0.2, -0.15) is 0 Å². The van der Waals surface area contributed by atoms with Crippen molar-refractivity contribution in [3.05, 3.63) is 51.5 Å². The first-order valence-corrected chi connectivity index (χ1v) is 9.36. The summed E-state index contributed by atoms with van der Waals surface area (Å²) < 4.78 is 0. The molecule has 132 valence electrons. The van der Waals surface area contributed by atoms with Crippen LogP contribution in [-0.4, -0.2) is 42.3 Å². The Bertz CT molecular complexity index is 755. The van der Waals surface area contributed by atoms with Crippen molar-refractivity contribution in [2.45, 2.75) is 25.7 Å². The molecule has 0 bridgehead atoms. The van der Waals surface area contributed by atoms with E-state index in [-0.39, 0.29) is 17.7 Å². The number of nitrogens with zero attached hydrogens (tertiary/aromatic N) is 2. The molecule has 0 spiro atoms. The van der Waals surface area contributed by atoms with Gasteiger partial charge in [0.1, 0.15) is 0 Å². The van der Waals surface area contributed by atoms with Crippen LogP contribution in [0.4, 0.5) is 0 Å². The third kappa shape index (κ3) is 4.25. The molecule has 25 heavy (non-hydrogen) atoms. The zero-order valence-electron chi connectivity index (χ0n) is 14.6. The molecule has 0 unspecified atom stereocenters. The van der Waals surface area contributed by atoms with Gasteiger partial charge in [0.25, 0.3) is 5.91 Å². The fourth-order valence-corrected chi connectivity index (χ4v) is 4.33. The van der Waals surface area contributed by atoms with Crippen molar-refractivity contribution >= 4 is 23.2 Å². The summed E-state index contributed by atoms with van der Waals surface area (Å²) in [6.45, 7) is 0.639. The van der Waals surface area contributed by atoms with Crippen molar-refractivity contribution in [3.63, 3.8) is 0 Å². The zero-order valence-corrected chi connectivity index (χ0v) is 15.4. The van der Waals surface area contributed by atoms with Crippen LogP contribution in [0.2, 0.25) is 0 Å². The monoisotopic (exact) mass is 357 g/mol. The Balaban J connectivity index is 1.55. The predicted octanol–water partition coefficient (Wildman–Crippen LogP) is 2.31. The largest absolute Gasteiger partial charge is 0.356 e. The fourth-order valence-electron chi connectivity index (χ4n) is 3.10. The van der Waals surface area contributed by atoms with Crippen LogP contribution >= 0.6 is 11.3 Å². The van der Waals surface area contributed by atoms with Gasteiger partial charge in [-0.15, -0.1) is 11.3 Å². The van der Waals surface area contributed by atoms with Crippen LogP contribution in [0.5, 0.6) is 0 Å². The summed E-state index contributed by atoms with van der Waals surface area (Å²) in [6, 6.07) is 5.90. The molecule has 0 aliphatic heterocycles. The van der Waals surface area contributed by atoms with Gasteiger partial charge < -0.3 is 10.2 Å². The topological polar surface area (TPSA) is 62.3 Å². The van der Waals surface area contributed by atoms with Crippen LogP contribution in [0.25, 0.3) is 0 Å². The lowest BCUT2D eigenvalue weighted by Crippen LogP contribution is -2.34. The molecule has 3 rings (SSSR count). The second-order valence-corrected chi connectivity index (χ2v) is 7.73. The number of hydrogen-bond donors (Lipinski definition) is 1.